The number of aromatic hydroxyl groups is 2. The number of carbonyl (C=O) groups excluding carboxylic acids is 5. The van der Waals surface area contributed by atoms with Crippen LogP contribution in [-0.2, 0) is 145 Å². The van der Waals surface area contributed by atoms with Gasteiger partial charge in [0.25, 0.3) is 0 Å². The van der Waals surface area contributed by atoms with E-state index in [1.54, 1.807) is 37.4 Å². The molecule has 18 rings (SSSR count). The summed E-state index contributed by atoms with van der Waals surface area (Å²) < 4.78 is 0. The molecule has 18 aromatic rings. The van der Waals surface area contributed by atoms with Crippen LogP contribution in [0.15, 0.2) is 358 Å². The zero-order chi connectivity index (χ0) is 86.1. The fourth-order valence-electron chi connectivity index (χ4n) is 11.9. The van der Waals surface area contributed by atoms with Crippen LogP contribution in [0.2, 0.25) is 0 Å². The van der Waals surface area contributed by atoms with Gasteiger partial charge < -0.3 is 45.0 Å². The molecule has 654 valence electrons. The standard InChI is InChI=1S/C22H16N2O2.C16H12N.3C15H10N.C8H7N4.2C5H8O2.2CHO.4Ir.Os.Pt/c25-21-13-3-1-7-15(21)17-9-5-11-19(23-17)20-12-6-10-18(24-20)16-8-2-4-14-22(16)26;1-12-6-5-9-16-14(12)10-11-15(17-16)13-7-3-2-4-8-13;2*1-2-7-13(8-3-1)15-14-9-5-4-6-12(14)10-11-16-15;1-2-6-12(7-3-1)15-11-10-13-8-4-5-9-14(13)16-15;1-6-10-8(12-11-6)7-4-2-3-5-9-7;2*1-4(6)3-5(2)7;2*1-2;;;;;;/h1-14,25-26H;2-7,9-11H,1H3;2*1-7,9-11H;1-6,8-11H;2-5H,1H3;3H2,1-2H3;3,6H,1-2H3;2*1H;;;;;;/q;5*-1;;;2*-1;;;;;;. The van der Waals surface area contributed by atoms with Crippen LogP contribution in [0.4, 0.5) is 0 Å². The first-order chi connectivity index (χ1) is 59.0. The smallest absolute Gasteiger partial charge is 0.155 e. The molecular weight excluding hydrogens is 2660 g/mol. The van der Waals surface area contributed by atoms with Crippen LogP contribution in [0.1, 0.15) is 45.5 Å². The number of allylic oxidation sites excluding steroid dienone is 2. The zero-order valence-electron chi connectivity index (χ0n) is 69.2. The predicted molar refractivity (Wildman–Crippen MR) is 480 cm³/mol. The number of phenols is 2. The summed E-state index contributed by atoms with van der Waals surface area (Å²) in [6.07, 6.45) is 6.65. The molecule has 0 unspecified atom stereocenters. The summed E-state index contributed by atoms with van der Waals surface area (Å²) >= 11 is 0. The summed E-state index contributed by atoms with van der Waals surface area (Å²) in [7, 11) is 0. The quantitative estimate of drug-likeness (QED) is 0.0357. The van der Waals surface area contributed by atoms with Gasteiger partial charge in [0.15, 0.2) is 5.78 Å². The van der Waals surface area contributed by atoms with Crippen LogP contribution >= 0.6 is 0 Å². The zero-order valence-corrected chi connectivity index (χ0v) is 83.6. The van der Waals surface area contributed by atoms with Crippen molar-refractivity contribution in [1.29, 1.82) is 0 Å². The van der Waals surface area contributed by atoms with E-state index in [9.17, 15) is 24.6 Å². The number of phenolic OH excluding ortho intramolecular Hbond substituents is 2. The van der Waals surface area contributed by atoms with Gasteiger partial charge in [-0.15, -0.1) is 144 Å². The van der Waals surface area contributed by atoms with Crippen LogP contribution in [0.3, 0.4) is 0 Å². The van der Waals surface area contributed by atoms with Gasteiger partial charge in [0.05, 0.1) is 51.7 Å². The molecule has 0 amide bonds. The maximum atomic E-state index is 10.1. The molecule has 0 atom stereocenters. The Morgan fingerprint density at radius 3 is 1.17 bits per heavy atom. The van der Waals surface area contributed by atoms with E-state index in [0.29, 0.717) is 45.6 Å². The molecule has 0 saturated carbocycles. The Hall–Kier alpha value is -12.2. The summed E-state index contributed by atoms with van der Waals surface area (Å²) in [6, 6.07) is 119. The van der Waals surface area contributed by atoms with Crippen molar-refractivity contribution >= 4 is 74.3 Å². The number of para-hydroxylation sites is 3. The Kier molecular flexibility index (Phi) is 50.6. The molecule has 8 aromatic heterocycles. The van der Waals surface area contributed by atoms with Crippen molar-refractivity contribution in [2.75, 3.05) is 0 Å². The molecule has 0 saturated heterocycles. The molecule has 24 heteroatoms. The number of aliphatic hydroxyl groups excluding tert-OH is 1. The van der Waals surface area contributed by atoms with Crippen molar-refractivity contribution in [3.63, 3.8) is 0 Å². The van der Waals surface area contributed by atoms with E-state index in [-0.39, 0.29) is 162 Å². The van der Waals surface area contributed by atoms with Gasteiger partial charge in [-0.2, -0.15) is 0 Å². The fraction of sp³-hybridized carbons (Fsp3) is 0.0680. The fourth-order valence-corrected chi connectivity index (χ4v) is 11.9. The first-order valence-electron chi connectivity index (χ1n) is 37.9. The molecule has 0 fully saturated rings. The van der Waals surface area contributed by atoms with Gasteiger partial charge in [0.1, 0.15) is 23.1 Å². The normalized spacial score (nSPS) is 9.67. The first-order valence-corrected chi connectivity index (χ1v) is 37.9. The number of pyridine rings is 7. The largest absolute Gasteiger partial charge is 0.545 e. The minimum absolute atomic E-state index is 0. The van der Waals surface area contributed by atoms with Crippen LogP contribution in [0.5, 0.6) is 11.5 Å². The number of aromatic nitrogens is 10. The van der Waals surface area contributed by atoms with Crippen LogP contribution in [0.25, 0.3) is 134 Å². The number of fused-ring (bicyclic) bond motifs is 4. The SMILES string of the molecule is CC(=O)C=C(C)O.CC(=O)CC(C)=O.Cc1cccc2nc(-c3[c-]cccc3)ccc12.Cc1n[n-]c(-c2ccccn2)n1.Oc1ccccc1-c1cccc(-c2cccc(-c3ccccc3O)n2)n1.[CH-]=O.[CH-]=O.[Ir].[Ir].[Ir].[Ir].[Os].[Pt].[c-]1ccccc1-c1ccc2ccccc2n1.[c-]1ccccc1-c1nccc2ccccc12.[c-]1ccccc1-c1nccc2ccccc12. The number of rotatable bonds is 11. The number of benzene rings is 10. The monoisotopic (exact) mass is 2750 g/mol. The number of hydrogen-bond acceptors (Lipinski definition) is 17. The molecule has 8 heterocycles. The van der Waals surface area contributed by atoms with Crippen molar-refractivity contribution in [3.8, 4) is 102 Å². The topological polar surface area (TPSA) is 276 Å². The average Bonchev–Trinajstić information content (AvgIpc) is 1.53. The Bertz CT molecular complexity index is 6160. The molecule has 0 bridgehead atoms. The van der Waals surface area contributed by atoms with E-state index in [1.807, 2.05) is 255 Å². The Morgan fingerprint density at radius 1 is 0.362 bits per heavy atom. The van der Waals surface area contributed by atoms with E-state index in [2.05, 4.69) is 156 Å². The summed E-state index contributed by atoms with van der Waals surface area (Å²) in [5, 5.41) is 43.3. The number of aryl methyl sites for hydroxylation is 2. The second kappa shape index (κ2) is 58.9. The third kappa shape index (κ3) is 34.3. The van der Waals surface area contributed by atoms with Crippen molar-refractivity contribution in [2.24, 2.45) is 0 Å². The summed E-state index contributed by atoms with van der Waals surface area (Å²) in [4.78, 5) is 81.3. The van der Waals surface area contributed by atoms with E-state index < -0.39 is 0 Å². The van der Waals surface area contributed by atoms with Gasteiger partial charge in [0, 0.05) is 168 Å². The number of carbonyl (C=O) groups is 3. The van der Waals surface area contributed by atoms with Crippen molar-refractivity contribution in [3.05, 3.63) is 394 Å². The predicted octanol–water partition coefficient (Wildman–Crippen LogP) is 21.8. The van der Waals surface area contributed by atoms with Gasteiger partial charge in [-0.05, 0) is 188 Å². The molecule has 0 spiro atoms. The van der Waals surface area contributed by atoms with Crippen molar-refractivity contribution in [2.45, 2.75) is 48.0 Å². The van der Waals surface area contributed by atoms with Gasteiger partial charge in [-0.1, -0.05) is 146 Å². The maximum absolute atomic E-state index is 10.1. The average molecular weight is 2740 g/mol. The second-order valence-corrected chi connectivity index (χ2v) is 26.3. The van der Waals surface area contributed by atoms with Crippen molar-refractivity contribution < 1.29 is 161 Å². The molecule has 10 aromatic carbocycles. The van der Waals surface area contributed by atoms with Gasteiger partial charge in [-0.3, -0.25) is 48.0 Å². The first kappa shape index (κ1) is 109. The Morgan fingerprint density at radius 2 is 0.756 bits per heavy atom. The minimum Gasteiger partial charge on any atom is -0.545 e. The maximum Gasteiger partial charge on any atom is 0.155 e. The molecule has 0 aliphatic carbocycles. The Balaban J connectivity index is 0.000000379. The van der Waals surface area contributed by atoms with Crippen LogP contribution < -0.4 is 5.10 Å². The molecule has 127 heavy (non-hydrogen) atoms. The molecule has 0 aliphatic rings. The van der Waals surface area contributed by atoms with Gasteiger partial charge in [0.2, 0.25) is 0 Å². The number of Topliss-reactive ketones (excluding diaryl/α,β-unsaturated/α-hetero) is 2. The van der Waals surface area contributed by atoms with E-state index in [4.69, 9.17) is 14.7 Å². The molecule has 3 N–H and O–H groups in total. The minimum atomic E-state index is -0.125. The summed E-state index contributed by atoms with van der Waals surface area (Å²) in [5.74, 6) is 1.46. The molecular formula is C103H83Ir4N10O8OsPt-7. The van der Waals surface area contributed by atoms with Crippen molar-refractivity contribution in [1.82, 2.24) is 50.1 Å². The van der Waals surface area contributed by atoms with Gasteiger partial charge >= 0.3 is 0 Å². The number of hydrogen-bond donors (Lipinski definition) is 3. The number of aliphatic hydroxyl groups is 1. The number of ketones is 3. The van der Waals surface area contributed by atoms with Crippen LogP contribution in [-0.4, -0.2) is 91.2 Å². The van der Waals surface area contributed by atoms with Gasteiger partial charge in [-0.25, -0.2) is 9.97 Å². The van der Waals surface area contributed by atoms with E-state index in [1.165, 1.54) is 71.7 Å². The van der Waals surface area contributed by atoms with Crippen LogP contribution in [0, 0.1) is 38.1 Å². The summed E-state index contributed by atoms with van der Waals surface area (Å²) in [6.45, 7) is 16.1. The number of nitrogens with zero attached hydrogens (tertiary/aromatic N) is 10. The molecule has 0 aliphatic heterocycles. The second-order valence-electron chi connectivity index (χ2n) is 26.3. The van der Waals surface area contributed by atoms with E-state index >= 15 is 0 Å². The van der Waals surface area contributed by atoms with E-state index in [0.717, 1.165) is 61.8 Å². The third-order valence-electron chi connectivity index (χ3n) is 17.3. The summed E-state index contributed by atoms with van der Waals surface area (Å²) in [5.41, 5.74) is 16.3. The Labute approximate surface area is 820 Å². The third-order valence-corrected chi connectivity index (χ3v) is 17.3. The molecule has 18 nitrogen and oxygen atoms in total. The molecule has 4 radical (unpaired) electrons.